The molecule has 0 amide bonds. The zero-order valence-corrected chi connectivity index (χ0v) is 11.9. The molecular weight excluding hydrogens is 324 g/mol. The Balaban J connectivity index is 2.42. The lowest BCUT2D eigenvalue weighted by Gasteiger charge is -2.09. The first-order valence-electron chi connectivity index (χ1n) is 5.89. The molecule has 3 rings (SSSR count). The molecule has 0 fully saturated rings. The molecule has 0 N–H and O–H groups in total. The van der Waals surface area contributed by atoms with E-state index in [2.05, 4.69) is 4.98 Å². The molecule has 1 aromatic heterocycles. The Morgan fingerprint density at radius 3 is 2.52 bits per heavy atom. The monoisotopic (exact) mass is 330 g/mol. The van der Waals surface area contributed by atoms with Crippen molar-refractivity contribution in [3.8, 4) is 5.69 Å². The molecule has 0 unspecified atom stereocenters. The third kappa shape index (κ3) is 2.36. The molecule has 3 aromatic rings. The Morgan fingerprint density at radius 1 is 1.10 bits per heavy atom. The van der Waals surface area contributed by atoms with E-state index in [-0.39, 0.29) is 33.4 Å². The van der Waals surface area contributed by atoms with Crippen LogP contribution in [0.5, 0.6) is 0 Å². The largest absolute Gasteiger partial charge is 0.292 e. The summed E-state index contributed by atoms with van der Waals surface area (Å²) in [5.74, 6) is -2.48. The van der Waals surface area contributed by atoms with Gasteiger partial charge in [0, 0.05) is 5.02 Å². The Morgan fingerprint density at radius 2 is 1.86 bits per heavy atom. The highest BCUT2D eigenvalue weighted by Gasteiger charge is 2.18. The number of imidazole rings is 1. The molecule has 0 radical (unpaired) electrons. The van der Waals surface area contributed by atoms with Crippen molar-refractivity contribution in [3.63, 3.8) is 0 Å². The van der Waals surface area contributed by atoms with Gasteiger partial charge in [-0.1, -0.05) is 11.6 Å². The van der Waals surface area contributed by atoms with E-state index in [0.29, 0.717) is 0 Å². The van der Waals surface area contributed by atoms with Crippen molar-refractivity contribution in [1.29, 1.82) is 0 Å². The van der Waals surface area contributed by atoms with E-state index in [4.69, 9.17) is 23.2 Å². The SMILES string of the molecule is Fc1cc(Cl)cc(-n2c(CCl)nc3ccc(F)c(F)c32)c1. The molecule has 7 heteroatoms. The number of alkyl halides is 1. The van der Waals surface area contributed by atoms with Crippen molar-refractivity contribution in [3.05, 3.63) is 58.6 Å². The zero-order chi connectivity index (χ0) is 15.1. The molecule has 0 aliphatic carbocycles. The second-order valence-corrected chi connectivity index (χ2v) is 5.06. The summed E-state index contributed by atoms with van der Waals surface area (Å²) in [7, 11) is 0. The van der Waals surface area contributed by atoms with Crippen molar-refractivity contribution in [2.75, 3.05) is 0 Å². The summed E-state index contributed by atoms with van der Waals surface area (Å²) in [6.45, 7) is 0. The van der Waals surface area contributed by atoms with Gasteiger partial charge in [-0.3, -0.25) is 4.57 Å². The fourth-order valence-electron chi connectivity index (χ4n) is 2.19. The fraction of sp³-hybridized carbons (Fsp3) is 0.0714. The molecular formula is C14H7Cl2F3N2. The van der Waals surface area contributed by atoms with Crippen LogP contribution in [0.25, 0.3) is 16.7 Å². The first-order chi connectivity index (χ1) is 10.0. The minimum atomic E-state index is -1.07. The Kier molecular flexibility index (Phi) is 3.55. The van der Waals surface area contributed by atoms with Gasteiger partial charge in [0.05, 0.1) is 17.1 Å². The maximum Gasteiger partial charge on any atom is 0.185 e. The van der Waals surface area contributed by atoms with Crippen LogP contribution >= 0.6 is 23.2 Å². The number of hydrogen-bond donors (Lipinski definition) is 0. The number of fused-ring (bicyclic) bond motifs is 1. The number of nitrogens with zero attached hydrogens (tertiary/aromatic N) is 2. The van der Waals surface area contributed by atoms with Gasteiger partial charge in [0.2, 0.25) is 0 Å². The number of halogens is 5. The number of aromatic nitrogens is 2. The van der Waals surface area contributed by atoms with Crippen molar-refractivity contribution in [1.82, 2.24) is 9.55 Å². The van der Waals surface area contributed by atoms with Gasteiger partial charge in [0.25, 0.3) is 0 Å². The number of benzene rings is 2. The topological polar surface area (TPSA) is 17.8 Å². The maximum absolute atomic E-state index is 14.1. The van der Waals surface area contributed by atoms with Gasteiger partial charge in [-0.15, -0.1) is 11.6 Å². The third-order valence-corrected chi connectivity index (χ3v) is 3.46. The third-order valence-electron chi connectivity index (χ3n) is 3.00. The van der Waals surface area contributed by atoms with Crippen LogP contribution in [0.3, 0.4) is 0 Å². The molecule has 2 aromatic carbocycles. The van der Waals surface area contributed by atoms with Crippen LogP contribution < -0.4 is 0 Å². The molecule has 0 spiro atoms. The van der Waals surface area contributed by atoms with E-state index >= 15 is 0 Å². The standard InChI is InChI=1S/C14H7Cl2F3N2/c15-6-12-20-11-2-1-10(18)13(19)14(11)21(12)9-4-7(16)3-8(17)5-9/h1-5H,6H2. The first kappa shape index (κ1) is 14.2. The predicted molar refractivity (Wildman–Crippen MR) is 75.5 cm³/mol. The molecule has 0 aliphatic heterocycles. The van der Waals surface area contributed by atoms with Gasteiger partial charge < -0.3 is 0 Å². The Bertz CT molecular complexity index is 826. The predicted octanol–water partition coefficient (Wildman–Crippen LogP) is 4.84. The molecule has 108 valence electrons. The lowest BCUT2D eigenvalue weighted by molar-refractivity contribution is 0.514. The summed E-state index contributed by atoms with van der Waals surface area (Å²) in [6, 6.07) is 5.99. The molecule has 21 heavy (non-hydrogen) atoms. The summed E-state index contributed by atoms with van der Waals surface area (Å²) < 4.78 is 42.3. The van der Waals surface area contributed by atoms with Crippen LogP contribution in [0.4, 0.5) is 13.2 Å². The Labute approximate surface area is 127 Å². The van der Waals surface area contributed by atoms with Gasteiger partial charge >= 0.3 is 0 Å². The summed E-state index contributed by atoms with van der Waals surface area (Å²) in [5.41, 5.74) is 0.347. The summed E-state index contributed by atoms with van der Waals surface area (Å²) in [4.78, 5) is 4.13. The Hall–Kier alpha value is -1.72. The van der Waals surface area contributed by atoms with Crippen LogP contribution in [0, 0.1) is 17.5 Å². The average molecular weight is 331 g/mol. The molecule has 0 saturated heterocycles. The number of hydrogen-bond acceptors (Lipinski definition) is 1. The van der Waals surface area contributed by atoms with E-state index in [9.17, 15) is 13.2 Å². The van der Waals surface area contributed by atoms with Crippen molar-refractivity contribution < 1.29 is 13.2 Å². The van der Waals surface area contributed by atoms with Gasteiger partial charge in [-0.2, -0.15) is 0 Å². The molecule has 2 nitrogen and oxygen atoms in total. The highest BCUT2D eigenvalue weighted by molar-refractivity contribution is 6.30. The molecule has 0 saturated carbocycles. The van der Waals surface area contributed by atoms with E-state index in [1.54, 1.807) is 0 Å². The van der Waals surface area contributed by atoms with E-state index < -0.39 is 17.5 Å². The number of rotatable bonds is 2. The average Bonchev–Trinajstić information content (AvgIpc) is 2.81. The van der Waals surface area contributed by atoms with Crippen LogP contribution in [-0.4, -0.2) is 9.55 Å². The van der Waals surface area contributed by atoms with Crippen molar-refractivity contribution in [2.45, 2.75) is 5.88 Å². The maximum atomic E-state index is 14.1. The van der Waals surface area contributed by atoms with Gasteiger partial charge in [0.1, 0.15) is 17.2 Å². The zero-order valence-electron chi connectivity index (χ0n) is 10.4. The summed E-state index contributed by atoms with van der Waals surface area (Å²) in [6.07, 6.45) is 0. The van der Waals surface area contributed by atoms with Gasteiger partial charge in [-0.25, -0.2) is 18.2 Å². The van der Waals surface area contributed by atoms with Crippen LogP contribution in [0.2, 0.25) is 5.02 Å². The first-order valence-corrected chi connectivity index (χ1v) is 6.80. The molecule has 0 atom stereocenters. The minimum Gasteiger partial charge on any atom is -0.292 e. The van der Waals surface area contributed by atoms with Gasteiger partial charge in [-0.05, 0) is 30.3 Å². The highest BCUT2D eigenvalue weighted by atomic mass is 35.5. The van der Waals surface area contributed by atoms with Crippen LogP contribution in [-0.2, 0) is 5.88 Å². The van der Waals surface area contributed by atoms with Gasteiger partial charge in [0.15, 0.2) is 11.6 Å². The van der Waals surface area contributed by atoms with Crippen molar-refractivity contribution in [2.24, 2.45) is 0 Å². The second kappa shape index (κ2) is 5.24. The fourth-order valence-corrected chi connectivity index (χ4v) is 2.58. The van der Waals surface area contributed by atoms with E-state index in [1.807, 2.05) is 0 Å². The lowest BCUT2D eigenvalue weighted by atomic mass is 10.2. The quantitative estimate of drug-likeness (QED) is 0.615. The molecule has 0 bridgehead atoms. The van der Waals surface area contributed by atoms with Crippen molar-refractivity contribution >= 4 is 34.2 Å². The highest BCUT2D eigenvalue weighted by Crippen LogP contribution is 2.28. The van der Waals surface area contributed by atoms with Crippen LogP contribution in [0.15, 0.2) is 30.3 Å². The molecule has 0 aliphatic rings. The van der Waals surface area contributed by atoms with Crippen LogP contribution in [0.1, 0.15) is 5.82 Å². The minimum absolute atomic E-state index is 0.0517. The smallest absolute Gasteiger partial charge is 0.185 e. The lowest BCUT2D eigenvalue weighted by Crippen LogP contribution is -2.02. The normalized spacial score (nSPS) is 11.3. The summed E-state index contributed by atoms with van der Waals surface area (Å²) >= 11 is 11.6. The van der Waals surface area contributed by atoms with E-state index in [1.165, 1.54) is 16.7 Å². The second-order valence-electron chi connectivity index (χ2n) is 4.35. The molecule has 1 heterocycles. The summed E-state index contributed by atoms with van der Waals surface area (Å²) in [5, 5.41) is 0.129. The van der Waals surface area contributed by atoms with E-state index in [0.717, 1.165) is 18.2 Å².